The molecule has 102 valence electrons. The van der Waals surface area contributed by atoms with Gasteiger partial charge in [0.05, 0.1) is 13.2 Å². The summed E-state index contributed by atoms with van der Waals surface area (Å²) in [6.07, 6.45) is 0.949. The van der Waals surface area contributed by atoms with Gasteiger partial charge in [-0.1, -0.05) is 0 Å². The molecule has 1 unspecified atom stereocenters. The van der Waals surface area contributed by atoms with Crippen molar-refractivity contribution in [3.05, 3.63) is 17.0 Å². The second-order valence-corrected chi connectivity index (χ2v) is 5.86. The molecule has 0 amide bonds. The molecule has 2 rings (SSSR count). The molecule has 0 bridgehead atoms. The van der Waals surface area contributed by atoms with Gasteiger partial charge in [0, 0.05) is 18.4 Å². The molecular formula is C13H20O4S. The van der Waals surface area contributed by atoms with Crippen molar-refractivity contribution in [2.75, 3.05) is 26.9 Å². The van der Waals surface area contributed by atoms with Crippen molar-refractivity contribution in [1.29, 1.82) is 0 Å². The van der Waals surface area contributed by atoms with E-state index in [1.165, 1.54) is 4.88 Å². The summed E-state index contributed by atoms with van der Waals surface area (Å²) < 4.78 is 21.9. The Labute approximate surface area is 112 Å². The van der Waals surface area contributed by atoms with Crippen LogP contribution >= 0.6 is 11.3 Å². The zero-order chi connectivity index (χ0) is 13.0. The fourth-order valence-electron chi connectivity index (χ4n) is 1.79. The van der Waals surface area contributed by atoms with Gasteiger partial charge in [-0.25, -0.2) is 0 Å². The van der Waals surface area contributed by atoms with E-state index in [9.17, 15) is 0 Å². The Morgan fingerprint density at radius 1 is 1.44 bits per heavy atom. The SMILES string of the molecule is COCCc1ccc(OCC2COC(C)(C)O2)s1. The van der Waals surface area contributed by atoms with Crippen molar-refractivity contribution >= 4 is 11.3 Å². The number of rotatable bonds is 6. The highest BCUT2D eigenvalue weighted by molar-refractivity contribution is 7.13. The molecule has 0 radical (unpaired) electrons. The summed E-state index contributed by atoms with van der Waals surface area (Å²) >= 11 is 1.66. The topological polar surface area (TPSA) is 36.9 Å². The van der Waals surface area contributed by atoms with E-state index in [-0.39, 0.29) is 6.10 Å². The molecule has 2 heterocycles. The van der Waals surface area contributed by atoms with Crippen LogP contribution in [-0.4, -0.2) is 38.8 Å². The Kier molecular flexibility index (Phi) is 4.61. The maximum absolute atomic E-state index is 5.72. The fourth-order valence-corrected chi connectivity index (χ4v) is 2.64. The molecule has 5 heteroatoms. The number of hydrogen-bond acceptors (Lipinski definition) is 5. The van der Waals surface area contributed by atoms with Crippen LogP contribution in [0.25, 0.3) is 0 Å². The fraction of sp³-hybridized carbons (Fsp3) is 0.692. The van der Waals surface area contributed by atoms with Crippen molar-refractivity contribution in [2.45, 2.75) is 32.2 Å². The smallest absolute Gasteiger partial charge is 0.174 e. The number of ether oxygens (including phenoxy) is 4. The first-order valence-corrected chi connectivity index (χ1v) is 6.93. The van der Waals surface area contributed by atoms with Gasteiger partial charge in [-0.05, 0) is 26.0 Å². The predicted octanol–water partition coefficient (Wildman–Crippen LogP) is 2.47. The third-order valence-corrected chi connectivity index (χ3v) is 3.73. The Morgan fingerprint density at radius 2 is 2.28 bits per heavy atom. The molecule has 4 nitrogen and oxygen atoms in total. The van der Waals surface area contributed by atoms with Crippen LogP contribution in [0, 0.1) is 0 Å². The minimum Gasteiger partial charge on any atom is -0.481 e. The van der Waals surface area contributed by atoms with Crippen molar-refractivity contribution in [2.24, 2.45) is 0 Å². The molecule has 1 atom stereocenters. The Balaban J connectivity index is 1.75. The average Bonchev–Trinajstić information content (AvgIpc) is 2.90. The summed E-state index contributed by atoms with van der Waals surface area (Å²) in [5.41, 5.74) is 0. The van der Waals surface area contributed by atoms with Gasteiger partial charge < -0.3 is 18.9 Å². The summed E-state index contributed by atoms with van der Waals surface area (Å²) in [5, 5.41) is 0.925. The zero-order valence-corrected chi connectivity index (χ0v) is 11.9. The third-order valence-electron chi connectivity index (χ3n) is 2.67. The monoisotopic (exact) mass is 272 g/mol. The van der Waals surface area contributed by atoms with Crippen LogP contribution < -0.4 is 4.74 Å². The second kappa shape index (κ2) is 6.02. The maximum Gasteiger partial charge on any atom is 0.174 e. The maximum atomic E-state index is 5.72. The molecule has 0 N–H and O–H groups in total. The summed E-state index contributed by atoms with van der Waals surface area (Å²) in [7, 11) is 1.71. The first kappa shape index (κ1) is 13.8. The summed E-state index contributed by atoms with van der Waals surface area (Å²) in [5.74, 6) is -0.479. The summed E-state index contributed by atoms with van der Waals surface area (Å²) in [6, 6.07) is 4.07. The molecule has 0 aliphatic carbocycles. The second-order valence-electron chi connectivity index (χ2n) is 4.73. The minimum atomic E-state index is -0.479. The van der Waals surface area contributed by atoms with Gasteiger partial charge in [0.1, 0.15) is 12.7 Å². The molecule has 1 aromatic heterocycles. The lowest BCUT2D eigenvalue weighted by atomic mass is 10.4. The molecule has 1 aromatic rings. The van der Waals surface area contributed by atoms with Crippen LogP contribution in [0.1, 0.15) is 18.7 Å². The van der Waals surface area contributed by atoms with E-state index in [1.54, 1.807) is 18.4 Å². The van der Waals surface area contributed by atoms with Gasteiger partial charge in [-0.15, -0.1) is 11.3 Å². The van der Waals surface area contributed by atoms with Crippen LogP contribution in [-0.2, 0) is 20.6 Å². The lowest BCUT2D eigenvalue weighted by Crippen LogP contribution is -2.24. The highest BCUT2D eigenvalue weighted by Gasteiger charge is 2.32. The normalized spacial score (nSPS) is 22.3. The molecule has 1 aliphatic rings. The van der Waals surface area contributed by atoms with E-state index in [0.29, 0.717) is 13.2 Å². The molecule has 1 fully saturated rings. The quantitative estimate of drug-likeness (QED) is 0.797. The molecule has 0 saturated carbocycles. The lowest BCUT2D eigenvalue weighted by Gasteiger charge is -2.16. The van der Waals surface area contributed by atoms with E-state index >= 15 is 0 Å². The highest BCUT2D eigenvalue weighted by Crippen LogP contribution is 2.27. The zero-order valence-electron chi connectivity index (χ0n) is 11.1. The van der Waals surface area contributed by atoms with Crippen molar-refractivity contribution in [1.82, 2.24) is 0 Å². The molecule has 0 aromatic carbocycles. The van der Waals surface area contributed by atoms with Gasteiger partial charge in [-0.2, -0.15) is 0 Å². The standard InChI is InChI=1S/C13H20O4S/c1-13(2)16-9-10(17-13)8-15-12-5-4-11(18-12)6-7-14-3/h4-5,10H,6-9H2,1-3H3. The molecule has 1 aliphatic heterocycles. The van der Waals surface area contributed by atoms with Crippen LogP contribution in [0.2, 0.25) is 0 Å². The van der Waals surface area contributed by atoms with Crippen molar-refractivity contribution in [3.8, 4) is 5.06 Å². The minimum absolute atomic E-state index is 0.0181. The molecule has 1 saturated heterocycles. The summed E-state index contributed by atoms with van der Waals surface area (Å²) in [6.45, 7) is 5.71. The first-order chi connectivity index (χ1) is 8.59. The van der Waals surface area contributed by atoms with Crippen molar-refractivity contribution in [3.63, 3.8) is 0 Å². The van der Waals surface area contributed by atoms with Gasteiger partial charge >= 0.3 is 0 Å². The van der Waals surface area contributed by atoms with Crippen molar-refractivity contribution < 1.29 is 18.9 Å². The molecular weight excluding hydrogens is 252 g/mol. The van der Waals surface area contributed by atoms with Crippen LogP contribution in [0.4, 0.5) is 0 Å². The Morgan fingerprint density at radius 3 is 2.94 bits per heavy atom. The largest absolute Gasteiger partial charge is 0.481 e. The Bertz CT molecular complexity index is 375. The average molecular weight is 272 g/mol. The van der Waals surface area contributed by atoms with Gasteiger partial charge in [0.15, 0.2) is 10.9 Å². The predicted molar refractivity (Wildman–Crippen MR) is 70.3 cm³/mol. The van der Waals surface area contributed by atoms with E-state index < -0.39 is 5.79 Å². The lowest BCUT2D eigenvalue weighted by molar-refractivity contribution is -0.141. The van der Waals surface area contributed by atoms with Crippen LogP contribution in [0.15, 0.2) is 12.1 Å². The van der Waals surface area contributed by atoms with Crippen LogP contribution in [0.5, 0.6) is 5.06 Å². The number of methoxy groups -OCH3 is 1. The highest BCUT2D eigenvalue weighted by atomic mass is 32.1. The van der Waals surface area contributed by atoms with Gasteiger partial charge in [-0.3, -0.25) is 0 Å². The first-order valence-electron chi connectivity index (χ1n) is 6.11. The van der Waals surface area contributed by atoms with E-state index in [2.05, 4.69) is 6.07 Å². The van der Waals surface area contributed by atoms with E-state index in [0.717, 1.165) is 18.1 Å². The molecule has 18 heavy (non-hydrogen) atoms. The van der Waals surface area contributed by atoms with Gasteiger partial charge in [0.2, 0.25) is 0 Å². The molecule has 0 spiro atoms. The summed E-state index contributed by atoms with van der Waals surface area (Å²) in [4.78, 5) is 1.27. The number of thiophene rings is 1. The Hall–Kier alpha value is -0.620. The third kappa shape index (κ3) is 3.95. The van der Waals surface area contributed by atoms with E-state index in [4.69, 9.17) is 18.9 Å². The van der Waals surface area contributed by atoms with Gasteiger partial charge in [0.25, 0.3) is 0 Å². The van der Waals surface area contributed by atoms with Crippen LogP contribution in [0.3, 0.4) is 0 Å². The number of hydrogen-bond donors (Lipinski definition) is 0. The van der Waals surface area contributed by atoms with E-state index in [1.807, 2.05) is 19.9 Å².